The summed E-state index contributed by atoms with van der Waals surface area (Å²) in [7, 11) is 1.25. The average Bonchev–Trinajstić information content (AvgIpc) is 2.45. The van der Waals surface area contributed by atoms with Crippen LogP contribution in [0, 0.1) is 0 Å². The Kier molecular flexibility index (Phi) is 5.20. The Labute approximate surface area is 134 Å². The highest BCUT2D eigenvalue weighted by Gasteiger charge is 2.71. The molecule has 1 unspecified atom stereocenters. The highest BCUT2D eigenvalue weighted by molar-refractivity contribution is 5.77. The summed E-state index contributed by atoms with van der Waals surface area (Å²) in [6.45, 7) is 2.43. The third kappa shape index (κ3) is 3.31. The molecule has 0 aromatic heterocycles. The van der Waals surface area contributed by atoms with Gasteiger partial charge in [0.1, 0.15) is 5.75 Å². The molecular formula is C15H16F5O4-. The molecule has 9 heteroatoms. The van der Waals surface area contributed by atoms with Crippen LogP contribution in [0.1, 0.15) is 25.8 Å². The lowest BCUT2D eigenvalue weighted by molar-refractivity contribution is -0.380. The summed E-state index contributed by atoms with van der Waals surface area (Å²) in [5.74, 6) is -8.66. The zero-order chi connectivity index (χ0) is 19.0. The first-order valence-corrected chi connectivity index (χ1v) is 6.72. The molecular weight excluding hydrogens is 339 g/mol. The Morgan fingerprint density at radius 2 is 1.67 bits per heavy atom. The fourth-order valence-corrected chi connectivity index (χ4v) is 2.48. The second kappa shape index (κ2) is 6.19. The van der Waals surface area contributed by atoms with Gasteiger partial charge in [0.2, 0.25) is 0 Å². The molecule has 1 rings (SSSR count). The largest absolute Gasteiger partial charge is 0.547 e. The quantitative estimate of drug-likeness (QED) is 0.793. The second-order valence-electron chi connectivity index (χ2n) is 5.98. The summed E-state index contributed by atoms with van der Waals surface area (Å²) in [5.41, 5.74) is -5.89. The van der Waals surface area contributed by atoms with Gasteiger partial charge in [-0.05, 0) is 23.5 Å². The highest BCUT2D eigenvalue weighted by atomic mass is 19.4. The number of rotatable bonds is 6. The van der Waals surface area contributed by atoms with Gasteiger partial charge in [0.05, 0.1) is 13.1 Å². The van der Waals surface area contributed by atoms with E-state index < -0.39 is 35.5 Å². The molecule has 0 saturated heterocycles. The number of benzene rings is 1. The second-order valence-corrected chi connectivity index (χ2v) is 5.98. The van der Waals surface area contributed by atoms with Gasteiger partial charge in [-0.1, -0.05) is 32.0 Å². The van der Waals surface area contributed by atoms with Crippen LogP contribution < -0.4 is 9.84 Å². The molecule has 24 heavy (non-hydrogen) atoms. The van der Waals surface area contributed by atoms with E-state index in [1.54, 1.807) is 0 Å². The molecule has 1 aromatic carbocycles. The van der Waals surface area contributed by atoms with Crippen LogP contribution in [-0.2, 0) is 10.2 Å². The Morgan fingerprint density at radius 1 is 1.17 bits per heavy atom. The van der Waals surface area contributed by atoms with Crippen molar-refractivity contribution >= 4 is 5.97 Å². The molecule has 0 aliphatic rings. The molecule has 1 atom stereocenters. The zero-order valence-corrected chi connectivity index (χ0v) is 13.1. The van der Waals surface area contributed by atoms with Crippen LogP contribution in [0.3, 0.4) is 0 Å². The maximum atomic E-state index is 13.6. The van der Waals surface area contributed by atoms with Gasteiger partial charge in [0.15, 0.2) is 5.60 Å². The molecule has 0 aliphatic heterocycles. The summed E-state index contributed by atoms with van der Waals surface area (Å²) in [4.78, 5) is 11.0. The minimum Gasteiger partial charge on any atom is -0.547 e. The fourth-order valence-electron chi connectivity index (χ4n) is 2.48. The SMILES string of the molecule is COc1ccccc1C(C)(C)CC(O)(C(=O)[O-])C(F)(F)C(F)(F)F. The van der Waals surface area contributed by atoms with E-state index >= 15 is 0 Å². The van der Waals surface area contributed by atoms with Crippen LogP contribution in [0.2, 0.25) is 0 Å². The van der Waals surface area contributed by atoms with Gasteiger partial charge in [-0.25, -0.2) is 0 Å². The van der Waals surface area contributed by atoms with E-state index in [4.69, 9.17) is 4.74 Å². The number of alkyl halides is 5. The van der Waals surface area contributed by atoms with Gasteiger partial charge >= 0.3 is 12.1 Å². The maximum absolute atomic E-state index is 13.6. The van der Waals surface area contributed by atoms with Gasteiger partial charge in [-0.2, -0.15) is 22.0 Å². The van der Waals surface area contributed by atoms with E-state index in [0.717, 1.165) is 0 Å². The summed E-state index contributed by atoms with van der Waals surface area (Å²) < 4.78 is 70.0. The van der Waals surface area contributed by atoms with Crippen LogP contribution in [-0.4, -0.2) is 35.9 Å². The van der Waals surface area contributed by atoms with Crippen LogP contribution in [0.15, 0.2) is 24.3 Å². The van der Waals surface area contributed by atoms with Gasteiger partial charge in [-0.15, -0.1) is 0 Å². The van der Waals surface area contributed by atoms with Crippen molar-refractivity contribution in [3.05, 3.63) is 29.8 Å². The van der Waals surface area contributed by atoms with Crippen molar-refractivity contribution in [2.75, 3.05) is 7.11 Å². The summed E-state index contributed by atoms with van der Waals surface area (Å²) >= 11 is 0. The molecule has 136 valence electrons. The summed E-state index contributed by atoms with van der Waals surface area (Å²) in [6.07, 6.45) is -7.71. The number of carbonyl (C=O) groups is 1. The number of hydrogen-bond donors (Lipinski definition) is 1. The van der Waals surface area contributed by atoms with Crippen molar-refractivity contribution in [3.63, 3.8) is 0 Å². The lowest BCUT2D eigenvalue weighted by atomic mass is 9.72. The number of carboxylic acid groups (broad SMARTS) is 1. The van der Waals surface area contributed by atoms with Crippen molar-refractivity contribution in [2.45, 2.75) is 43.4 Å². The third-order valence-corrected chi connectivity index (χ3v) is 3.75. The summed E-state index contributed by atoms with van der Waals surface area (Å²) in [6, 6.07) is 5.81. The van der Waals surface area contributed by atoms with Crippen molar-refractivity contribution < 1.29 is 41.7 Å². The number of methoxy groups -OCH3 is 1. The van der Waals surface area contributed by atoms with Gasteiger partial charge in [0.25, 0.3) is 0 Å². The van der Waals surface area contributed by atoms with E-state index in [2.05, 4.69) is 0 Å². The molecule has 1 aromatic rings. The van der Waals surface area contributed by atoms with Gasteiger partial charge in [0, 0.05) is 0 Å². The summed E-state index contributed by atoms with van der Waals surface area (Å²) in [5, 5.41) is 20.7. The molecule has 0 bridgehead atoms. The van der Waals surface area contributed by atoms with Gasteiger partial charge < -0.3 is 19.7 Å². The Hall–Kier alpha value is -1.90. The predicted molar refractivity (Wildman–Crippen MR) is 71.6 cm³/mol. The van der Waals surface area contributed by atoms with E-state index in [9.17, 15) is 37.0 Å². The third-order valence-electron chi connectivity index (χ3n) is 3.75. The highest BCUT2D eigenvalue weighted by Crippen LogP contribution is 2.49. The number of para-hydroxylation sites is 1. The Bertz CT molecular complexity index is 612. The van der Waals surface area contributed by atoms with Crippen LogP contribution >= 0.6 is 0 Å². The molecule has 0 radical (unpaired) electrons. The molecule has 0 heterocycles. The van der Waals surface area contributed by atoms with Crippen molar-refractivity contribution in [2.24, 2.45) is 0 Å². The van der Waals surface area contributed by atoms with E-state index in [1.807, 2.05) is 0 Å². The number of hydrogen-bond acceptors (Lipinski definition) is 4. The van der Waals surface area contributed by atoms with Crippen LogP contribution in [0.4, 0.5) is 22.0 Å². The monoisotopic (exact) mass is 355 g/mol. The first-order chi connectivity index (χ1) is 10.7. The van der Waals surface area contributed by atoms with Crippen molar-refractivity contribution in [3.8, 4) is 5.75 Å². The first-order valence-electron chi connectivity index (χ1n) is 6.72. The Morgan fingerprint density at radius 3 is 2.08 bits per heavy atom. The van der Waals surface area contributed by atoms with E-state index in [0.29, 0.717) is 0 Å². The predicted octanol–water partition coefficient (Wildman–Crippen LogP) is 2.04. The van der Waals surface area contributed by atoms with Crippen molar-refractivity contribution in [1.29, 1.82) is 0 Å². The van der Waals surface area contributed by atoms with Crippen LogP contribution in [0.25, 0.3) is 0 Å². The van der Waals surface area contributed by atoms with E-state index in [-0.39, 0.29) is 11.3 Å². The standard InChI is InChI=1S/C15H17F5O4/c1-12(2,9-6-4-5-7-10(9)24-3)8-13(23,11(21)22)14(16,17)15(18,19)20/h4-7,23H,8H2,1-3H3,(H,21,22)/p-1. The number of ether oxygens (including phenoxy) is 1. The van der Waals surface area contributed by atoms with Crippen molar-refractivity contribution in [1.82, 2.24) is 0 Å². The van der Waals surface area contributed by atoms with Gasteiger partial charge in [-0.3, -0.25) is 0 Å². The lowest BCUT2D eigenvalue weighted by Gasteiger charge is -2.42. The zero-order valence-electron chi connectivity index (χ0n) is 13.1. The number of carboxylic acids is 1. The molecule has 0 spiro atoms. The Balaban J connectivity index is 3.42. The van der Waals surface area contributed by atoms with E-state index in [1.165, 1.54) is 45.2 Å². The number of carbonyl (C=O) groups excluding carboxylic acids is 1. The number of aliphatic carboxylic acids is 1. The molecule has 0 aliphatic carbocycles. The molecule has 0 saturated carbocycles. The maximum Gasteiger partial charge on any atom is 0.456 e. The number of halogens is 5. The topological polar surface area (TPSA) is 69.6 Å². The first kappa shape index (κ1) is 20.1. The minimum absolute atomic E-state index is 0.151. The molecule has 0 amide bonds. The molecule has 0 fully saturated rings. The smallest absolute Gasteiger partial charge is 0.456 e. The fraction of sp³-hybridized carbons (Fsp3) is 0.533. The molecule has 4 nitrogen and oxygen atoms in total. The lowest BCUT2D eigenvalue weighted by Crippen LogP contribution is -2.67. The average molecular weight is 355 g/mol. The molecule has 1 N–H and O–H groups in total. The van der Waals surface area contributed by atoms with Crippen LogP contribution in [0.5, 0.6) is 5.75 Å². The normalized spacial score (nSPS) is 15.7. The number of aliphatic hydroxyl groups is 1. The minimum atomic E-state index is -6.27.